The molecule has 1 heterocycles. The molecule has 0 aliphatic carbocycles. The fraction of sp³-hybridized carbons (Fsp3) is 0.588. The first kappa shape index (κ1) is 19.8. The predicted octanol–water partition coefficient (Wildman–Crippen LogP) is 2.07. The van der Waals surface area contributed by atoms with Gasteiger partial charge in [-0.3, -0.25) is 4.90 Å². The molecule has 140 valence electrons. The highest BCUT2D eigenvalue weighted by molar-refractivity contribution is 9.10. The van der Waals surface area contributed by atoms with Gasteiger partial charge in [-0.15, -0.1) is 0 Å². The third-order valence-electron chi connectivity index (χ3n) is 3.96. The lowest BCUT2D eigenvalue weighted by atomic mass is 10.1. The third kappa shape index (κ3) is 6.37. The van der Waals surface area contributed by atoms with Crippen molar-refractivity contribution >= 4 is 22.0 Å². The molecule has 1 saturated heterocycles. The average Bonchev–Trinajstić information content (AvgIpc) is 2.63. The van der Waals surface area contributed by atoms with Crippen molar-refractivity contribution in [3.05, 3.63) is 22.2 Å². The van der Waals surface area contributed by atoms with Crippen LogP contribution in [0.5, 0.6) is 11.5 Å². The maximum Gasteiger partial charge on any atom is 0.407 e. The van der Waals surface area contributed by atoms with Crippen LogP contribution >= 0.6 is 15.9 Å². The second-order valence-corrected chi connectivity index (χ2v) is 6.42. The highest BCUT2D eigenvalue weighted by Gasteiger charge is 2.12. The molecule has 0 atom stereocenters. The SMILES string of the molecule is COc1cc(CCNC(=O)OCCN2CCOCC2)c(OC)cc1Br. The van der Waals surface area contributed by atoms with Gasteiger partial charge in [0.15, 0.2) is 0 Å². The van der Waals surface area contributed by atoms with E-state index in [1.807, 2.05) is 12.1 Å². The van der Waals surface area contributed by atoms with Crippen molar-refractivity contribution in [3.63, 3.8) is 0 Å². The summed E-state index contributed by atoms with van der Waals surface area (Å²) in [7, 11) is 3.23. The molecular weight excluding hydrogens is 392 g/mol. The standard InChI is InChI=1S/C17H25BrN2O5/c1-22-15-12-14(18)16(23-2)11-13(15)3-4-19-17(21)25-10-7-20-5-8-24-9-6-20/h11-12H,3-10H2,1-2H3,(H,19,21). The summed E-state index contributed by atoms with van der Waals surface area (Å²) in [5.74, 6) is 1.47. The smallest absolute Gasteiger partial charge is 0.407 e. The number of hydrogen-bond donors (Lipinski definition) is 1. The molecular formula is C17H25BrN2O5. The molecule has 1 N–H and O–H groups in total. The molecule has 2 rings (SSSR count). The molecule has 0 unspecified atom stereocenters. The maximum absolute atomic E-state index is 11.8. The van der Waals surface area contributed by atoms with E-state index >= 15 is 0 Å². The molecule has 1 fully saturated rings. The lowest BCUT2D eigenvalue weighted by molar-refractivity contribution is 0.0281. The van der Waals surface area contributed by atoms with E-state index in [-0.39, 0.29) is 0 Å². The number of hydrogen-bond acceptors (Lipinski definition) is 6. The van der Waals surface area contributed by atoms with E-state index in [4.69, 9.17) is 18.9 Å². The Bertz CT molecular complexity index is 564. The molecule has 1 aromatic rings. The topological polar surface area (TPSA) is 69.3 Å². The number of halogens is 1. The number of ether oxygens (including phenoxy) is 4. The zero-order valence-corrected chi connectivity index (χ0v) is 16.3. The number of methoxy groups -OCH3 is 2. The van der Waals surface area contributed by atoms with Crippen molar-refractivity contribution in [2.75, 3.05) is 60.2 Å². The molecule has 8 heteroatoms. The lowest BCUT2D eigenvalue weighted by Gasteiger charge is -2.26. The quantitative estimate of drug-likeness (QED) is 0.699. The van der Waals surface area contributed by atoms with Crippen molar-refractivity contribution in [1.82, 2.24) is 10.2 Å². The average molecular weight is 417 g/mol. The Balaban J connectivity index is 1.71. The minimum Gasteiger partial charge on any atom is -0.496 e. The summed E-state index contributed by atoms with van der Waals surface area (Å²) in [6.07, 6.45) is 0.210. The Labute approximate surface area is 156 Å². The van der Waals surface area contributed by atoms with Crippen LogP contribution in [0, 0.1) is 0 Å². The number of benzene rings is 1. The highest BCUT2D eigenvalue weighted by Crippen LogP contribution is 2.32. The Morgan fingerprint density at radius 2 is 1.96 bits per heavy atom. The molecule has 1 aromatic carbocycles. The number of carbonyl (C=O) groups excluding carboxylic acids is 1. The van der Waals surface area contributed by atoms with Crippen LogP contribution in [0.15, 0.2) is 16.6 Å². The van der Waals surface area contributed by atoms with Crippen LogP contribution in [-0.2, 0) is 15.9 Å². The Morgan fingerprint density at radius 1 is 1.24 bits per heavy atom. The van der Waals surface area contributed by atoms with E-state index in [1.165, 1.54) is 0 Å². The zero-order valence-electron chi connectivity index (χ0n) is 14.7. The molecule has 0 bridgehead atoms. The number of carbonyl (C=O) groups is 1. The Morgan fingerprint density at radius 3 is 2.64 bits per heavy atom. The molecule has 25 heavy (non-hydrogen) atoms. The summed E-state index contributed by atoms with van der Waals surface area (Å²) in [5.41, 5.74) is 0.955. The molecule has 0 saturated carbocycles. The van der Waals surface area contributed by atoms with Gasteiger partial charge in [0.05, 0.1) is 31.9 Å². The highest BCUT2D eigenvalue weighted by atomic mass is 79.9. The normalized spacial score (nSPS) is 14.8. The van der Waals surface area contributed by atoms with Gasteiger partial charge in [-0.25, -0.2) is 4.79 Å². The molecule has 1 amide bonds. The second-order valence-electron chi connectivity index (χ2n) is 5.57. The first-order valence-corrected chi connectivity index (χ1v) is 9.04. The van der Waals surface area contributed by atoms with E-state index < -0.39 is 6.09 Å². The number of alkyl carbamates (subject to hydrolysis) is 1. The van der Waals surface area contributed by atoms with Gasteiger partial charge in [0.1, 0.15) is 18.1 Å². The van der Waals surface area contributed by atoms with Crippen LogP contribution in [-0.4, -0.2) is 71.2 Å². The third-order valence-corrected chi connectivity index (χ3v) is 4.58. The van der Waals surface area contributed by atoms with Gasteiger partial charge < -0.3 is 24.3 Å². The number of morpholine rings is 1. The monoisotopic (exact) mass is 416 g/mol. The summed E-state index contributed by atoms with van der Waals surface area (Å²) in [4.78, 5) is 14.0. The van der Waals surface area contributed by atoms with E-state index in [9.17, 15) is 4.79 Å². The van der Waals surface area contributed by atoms with Gasteiger partial charge in [0.25, 0.3) is 0 Å². The van der Waals surface area contributed by atoms with Gasteiger partial charge >= 0.3 is 6.09 Å². The van der Waals surface area contributed by atoms with Gasteiger partial charge in [-0.2, -0.15) is 0 Å². The fourth-order valence-electron chi connectivity index (χ4n) is 2.56. The summed E-state index contributed by atoms with van der Waals surface area (Å²) in [5, 5.41) is 2.76. The maximum atomic E-state index is 11.8. The van der Waals surface area contributed by atoms with Gasteiger partial charge in [0, 0.05) is 26.2 Å². The van der Waals surface area contributed by atoms with E-state index in [1.54, 1.807) is 14.2 Å². The van der Waals surface area contributed by atoms with Crippen LogP contribution in [0.4, 0.5) is 4.79 Å². The van der Waals surface area contributed by atoms with Crippen LogP contribution in [0.2, 0.25) is 0 Å². The number of rotatable bonds is 8. The summed E-state index contributed by atoms with van der Waals surface area (Å²) in [6.45, 7) is 4.81. The van der Waals surface area contributed by atoms with Crippen molar-refractivity contribution in [2.45, 2.75) is 6.42 Å². The minimum absolute atomic E-state index is 0.376. The Hall–Kier alpha value is -1.51. The number of nitrogens with zero attached hydrogens (tertiary/aromatic N) is 1. The molecule has 0 aromatic heterocycles. The molecule has 1 aliphatic heterocycles. The predicted molar refractivity (Wildman–Crippen MR) is 97.6 cm³/mol. The van der Waals surface area contributed by atoms with Crippen LogP contribution in [0.25, 0.3) is 0 Å². The van der Waals surface area contributed by atoms with Gasteiger partial charge in [0.2, 0.25) is 0 Å². The van der Waals surface area contributed by atoms with Crippen molar-refractivity contribution in [1.29, 1.82) is 0 Å². The zero-order chi connectivity index (χ0) is 18.1. The van der Waals surface area contributed by atoms with E-state index in [0.29, 0.717) is 19.6 Å². The van der Waals surface area contributed by atoms with Gasteiger partial charge in [-0.1, -0.05) is 0 Å². The summed E-state index contributed by atoms with van der Waals surface area (Å²) >= 11 is 3.43. The van der Waals surface area contributed by atoms with Gasteiger partial charge in [-0.05, 0) is 40.0 Å². The minimum atomic E-state index is -0.406. The van der Waals surface area contributed by atoms with E-state index in [0.717, 1.165) is 54.4 Å². The number of nitrogens with one attached hydrogen (secondary N) is 1. The van der Waals surface area contributed by atoms with Crippen molar-refractivity contribution < 1.29 is 23.7 Å². The molecule has 0 radical (unpaired) electrons. The summed E-state index contributed by atoms with van der Waals surface area (Å²) < 4.78 is 22.0. The molecule has 7 nitrogen and oxygen atoms in total. The fourth-order valence-corrected chi connectivity index (χ4v) is 3.05. The lowest BCUT2D eigenvalue weighted by Crippen LogP contribution is -2.39. The number of amides is 1. The van der Waals surface area contributed by atoms with E-state index in [2.05, 4.69) is 26.1 Å². The van der Waals surface area contributed by atoms with Crippen LogP contribution in [0.3, 0.4) is 0 Å². The summed E-state index contributed by atoms with van der Waals surface area (Å²) in [6, 6.07) is 3.75. The largest absolute Gasteiger partial charge is 0.496 e. The Kier molecular flexibility index (Phi) is 8.30. The van der Waals surface area contributed by atoms with Crippen molar-refractivity contribution in [3.8, 4) is 11.5 Å². The first-order chi connectivity index (χ1) is 12.1. The van der Waals surface area contributed by atoms with Crippen molar-refractivity contribution in [2.24, 2.45) is 0 Å². The first-order valence-electron chi connectivity index (χ1n) is 8.25. The second kappa shape index (κ2) is 10.5. The molecule has 1 aliphatic rings. The van der Waals surface area contributed by atoms with Crippen LogP contribution < -0.4 is 14.8 Å². The molecule has 0 spiro atoms. The van der Waals surface area contributed by atoms with Crippen LogP contribution in [0.1, 0.15) is 5.56 Å².